The molecule has 0 aliphatic carbocycles. The van der Waals surface area contributed by atoms with Crippen LogP contribution in [0.3, 0.4) is 0 Å². The maximum absolute atomic E-state index is 13.1. The van der Waals surface area contributed by atoms with Crippen LogP contribution in [0.1, 0.15) is 18.4 Å². The number of carbonyl (C=O) groups excluding carboxylic acids is 1. The number of nitrogens with one attached hydrogen (secondary N) is 2. The van der Waals surface area contributed by atoms with Gasteiger partial charge in [0.1, 0.15) is 10.5 Å². The summed E-state index contributed by atoms with van der Waals surface area (Å²) in [6, 6.07) is 16.0. The van der Waals surface area contributed by atoms with E-state index in [0.717, 1.165) is 36.1 Å². The van der Waals surface area contributed by atoms with E-state index in [-0.39, 0.29) is 23.2 Å². The zero-order chi connectivity index (χ0) is 22.8. The first-order valence-corrected chi connectivity index (χ1v) is 11.8. The van der Waals surface area contributed by atoms with E-state index in [1.807, 2.05) is 40.6 Å². The lowest BCUT2D eigenvalue weighted by atomic mass is 9.97. The van der Waals surface area contributed by atoms with Gasteiger partial charge in [-0.15, -0.1) is 11.3 Å². The van der Waals surface area contributed by atoms with Crippen molar-refractivity contribution in [3.05, 3.63) is 81.7 Å². The van der Waals surface area contributed by atoms with Crippen LogP contribution in [0.15, 0.2) is 64.8 Å². The van der Waals surface area contributed by atoms with E-state index in [2.05, 4.69) is 10.3 Å². The van der Waals surface area contributed by atoms with E-state index in [4.69, 9.17) is 4.98 Å². The SMILES string of the molecule is O=C(NCc1ccc(F)cc1)[C@H]1CCCN(c2nc3c(-c4ccccc4)csc3c(=O)[nH]2)C1. The molecule has 1 atom stereocenters. The predicted molar refractivity (Wildman–Crippen MR) is 129 cm³/mol. The van der Waals surface area contributed by atoms with Gasteiger partial charge in [-0.3, -0.25) is 14.6 Å². The Labute approximate surface area is 194 Å². The summed E-state index contributed by atoms with van der Waals surface area (Å²) in [5.74, 6) is -0.0594. The van der Waals surface area contributed by atoms with Crippen molar-refractivity contribution in [2.75, 3.05) is 18.0 Å². The number of nitrogens with zero attached hydrogens (tertiary/aromatic N) is 2. The average molecular weight is 463 g/mol. The zero-order valence-corrected chi connectivity index (χ0v) is 18.7. The molecule has 1 saturated heterocycles. The van der Waals surface area contributed by atoms with Gasteiger partial charge in [-0.2, -0.15) is 0 Å². The smallest absolute Gasteiger partial charge is 0.270 e. The molecule has 0 spiro atoms. The average Bonchev–Trinajstić information content (AvgIpc) is 3.29. The van der Waals surface area contributed by atoms with Crippen LogP contribution in [0.2, 0.25) is 0 Å². The summed E-state index contributed by atoms with van der Waals surface area (Å²) >= 11 is 1.39. The van der Waals surface area contributed by atoms with Gasteiger partial charge < -0.3 is 10.2 Å². The van der Waals surface area contributed by atoms with Crippen LogP contribution >= 0.6 is 11.3 Å². The fourth-order valence-corrected chi connectivity index (χ4v) is 5.12. The van der Waals surface area contributed by atoms with E-state index in [1.165, 1.54) is 23.5 Å². The van der Waals surface area contributed by atoms with E-state index < -0.39 is 0 Å². The molecule has 0 unspecified atom stereocenters. The van der Waals surface area contributed by atoms with Gasteiger partial charge in [0.2, 0.25) is 11.9 Å². The normalized spacial score (nSPS) is 16.2. The molecule has 0 saturated carbocycles. The molecule has 6 nitrogen and oxygen atoms in total. The van der Waals surface area contributed by atoms with Gasteiger partial charge in [0, 0.05) is 30.6 Å². The number of benzene rings is 2. The van der Waals surface area contributed by atoms with Crippen molar-refractivity contribution < 1.29 is 9.18 Å². The van der Waals surface area contributed by atoms with Crippen LogP contribution in [0.4, 0.5) is 10.3 Å². The summed E-state index contributed by atoms with van der Waals surface area (Å²) < 4.78 is 13.7. The Balaban J connectivity index is 1.34. The van der Waals surface area contributed by atoms with Crippen molar-refractivity contribution in [1.29, 1.82) is 0 Å². The Kier molecular flexibility index (Phi) is 5.92. The van der Waals surface area contributed by atoms with Gasteiger partial charge in [0.05, 0.1) is 11.4 Å². The number of aromatic amines is 1. The Hall–Kier alpha value is -3.52. The fourth-order valence-electron chi connectivity index (χ4n) is 4.21. The molecule has 5 rings (SSSR count). The van der Waals surface area contributed by atoms with E-state index in [0.29, 0.717) is 29.3 Å². The molecule has 3 heterocycles. The minimum atomic E-state index is -0.299. The van der Waals surface area contributed by atoms with Gasteiger partial charge in [-0.25, -0.2) is 9.37 Å². The number of fused-ring (bicyclic) bond motifs is 1. The molecule has 0 bridgehead atoms. The number of piperidine rings is 1. The monoisotopic (exact) mass is 462 g/mol. The lowest BCUT2D eigenvalue weighted by molar-refractivity contribution is -0.125. The van der Waals surface area contributed by atoms with Gasteiger partial charge in [0.25, 0.3) is 5.56 Å². The summed E-state index contributed by atoms with van der Waals surface area (Å²) in [4.78, 5) is 35.3. The van der Waals surface area contributed by atoms with Crippen molar-refractivity contribution in [2.45, 2.75) is 19.4 Å². The molecule has 4 aromatic rings. The molecule has 168 valence electrons. The largest absolute Gasteiger partial charge is 0.352 e. The van der Waals surface area contributed by atoms with E-state index in [1.54, 1.807) is 12.1 Å². The van der Waals surface area contributed by atoms with Crippen LogP contribution in [0, 0.1) is 11.7 Å². The molecule has 1 aliphatic heterocycles. The third-order valence-electron chi connectivity index (χ3n) is 5.97. The van der Waals surface area contributed by atoms with Crippen LogP contribution in [0.5, 0.6) is 0 Å². The molecule has 0 radical (unpaired) electrons. The maximum Gasteiger partial charge on any atom is 0.270 e. The molecule has 2 N–H and O–H groups in total. The van der Waals surface area contributed by atoms with Gasteiger partial charge in [0.15, 0.2) is 0 Å². The third-order valence-corrected chi connectivity index (χ3v) is 6.94. The summed E-state index contributed by atoms with van der Waals surface area (Å²) in [5, 5.41) is 4.92. The zero-order valence-electron chi connectivity index (χ0n) is 17.9. The van der Waals surface area contributed by atoms with Crippen LogP contribution in [-0.4, -0.2) is 29.0 Å². The lowest BCUT2D eigenvalue weighted by Gasteiger charge is -2.32. The molecule has 1 amide bonds. The first kappa shape index (κ1) is 21.3. The van der Waals surface area contributed by atoms with E-state index >= 15 is 0 Å². The molecule has 33 heavy (non-hydrogen) atoms. The second-order valence-corrected chi connectivity index (χ2v) is 9.09. The summed E-state index contributed by atoms with van der Waals surface area (Å²) in [5.41, 5.74) is 3.33. The Bertz CT molecular complexity index is 1330. The van der Waals surface area contributed by atoms with Crippen molar-refractivity contribution in [1.82, 2.24) is 15.3 Å². The number of hydrogen-bond donors (Lipinski definition) is 2. The first-order valence-electron chi connectivity index (χ1n) is 10.9. The number of halogens is 1. The number of carbonyl (C=O) groups is 1. The second kappa shape index (κ2) is 9.15. The topological polar surface area (TPSA) is 78.1 Å². The van der Waals surface area contributed by atoms with Crippen LogP contribution in [0.25, 0.3) is 21.3 Å². The fraction of sp³-hybridized carbons (Fsp3) is 0.240. The number of rotatable bonds is 5. The molecular weight excluding hydrogens is 439 g/mol. The van der Waals surface area contributed by atoms with Crippen LogP contribution in [-0.2, 0) is 11.3 Å². The number of aromatic nitrogens is 2. The van der Waals surface area contributed by atoms with Gasteiger partial charge >= 0.3 is 0 Å². The number of anilines is 1. The highest BCUT2D eigenvalue weighted by atomic mass is 32.1. The van der Waals surface area contributed by atoms with Crippen molar-refractivity contribution >= 4 is 33.4 Å². The summed E-state index contributed by atoms with van der Waals surface area (Å²) in [6.07, 6.45) is 1.59. The standard InChI is InChI=1S/C25H23FN4O2S/c26-19-10-8-16(9-11-19)13-27-23(31)18-7-4-12-30(14-18)25-28-21-20(17-5-2-1-3-6-17)15-33-22(21)24(32)29-25/h1-3,5-6,8-11,15,18H,4,7,12-14H2,(H,27,31)(H,28,29,32)/t18-/m0/s1. The molecule has 1 fully saturated rings. The Morgan fingerprint density at radius 1 is 1.18 bits per heavy atom. The number of amides is 1. The van der Waals surface area contributed by atoms with Gasteiger partial charge in [-0.1, -0.05) is 42.5 Å². The summed E-state index contributed by atoms with van der Waals surface area (Å²) in [7, 11) is 0. The Morgan fingerprint density at radius 3 is 2.76 bits per heavy atom. The highest BCUT2D eigenvalue weighted by Crippen LogP contribution is 2.32. The quantitative estimate of drug-likeness (QED) is 0.463. The number of H-pyrrole nitrogens is 1. The first-order chi connectivity index (χ1) is 16.1. The molecular formula is C25H23FN4O2S. The van der Waals surface area contributed by atoms with Crippen LogP contribution < -0.4 is 15.8 Å². The predicted octanol–water partition coefficient (Wildman–Crippen LogP) is 4.32. The summed E-state index contributed by atoms with van der Waals surface area (Å²) in [6.45, 7) is 1.56. The second-order valence-electron chi connectivity index (χ2n) is 8.21. The maximum atomic E-state index is 13.1. The molecule has 8 heteroatoms. The van der Waals surface area contributed by atoms with Crippen molar-refractivity contribution in [3.63, 3.8) is 0 Å². The molecule has 2 aromatic carbocycles. The minimum absolute atomic E-state index is 0.0482. The number of thiophene rings is 1. The molecule has 1 aliphatic rings. The Morgan fingerprint density at radius 2 is 1.97 bits per heavy atom. The number of hydrogen-bond acceptors (Lipinski definition) is 5. The minimum Gasteiger partial charge on any atom is -0.352 e. The van der Waals surface area contributed by atoms with E-state index in [9.17, 15) is 14.0 Å². The molecule has 2 aromatic heterocycles. The highest BCUT2D eigenvalue weighted by molar-refractivity contribution is 7.17. The van der Waals surface area contributed by atoms with Crippen molar-refractivity contribution in [3.8, 4) is 11.1 Å². The van der Waals surface area contributed by atoms with Crippen molar-refractivity contribution in [2.24, 2.45) is 5.92 Å². The highest BCUT2D eigenvalue weighted by Gasteiger charge is 2.27. The van der Waals surface area contributed by atoms with Gasteiger partial charge in [-0.05, 0) is 36.1 Å². The third kappa shape index (κ3) is 4.52. The lowest BCUT2D eigenvalue weighted by Crippen LogP contribution is -2.44.